The van der Waals surface area contributed by atoms with E-state index in [9.17, 15) is 4.79 Å². The monoisotopic (exact) mass is 366 g/mol. The fraction of sp³-hybridized carbons (Fsp3) is 0.364. The zero-order chi connectivity index (χ0) is 19.6. The number of guanidine groups is 1. The van der Waals surface area contributed by atoms with E-state index in [1.54, 1.807) is 7.05 Å². The predicted molar refractivity (Wildman–Crippen MR) is 112 cm³/mol. The topological polar surface area (TPSA) is 65.5 Å². The summed E-state index contributed by atoms with van der Waals surface area (Å²) < 4.78 is 0. The minimum absolute atomic E-state index is 0.0409. The van der Waals surface area contributed by atoms with Crippen LogP contribution in [0.5, 0.6) is 0 Å². The number of carbonyl (C=O) groups is 1. The van der Waals surface area contributed by atoms with Gasteiger partial charge in [0.2, 0.25) is 0 Å². The van der Waals surface area contributed by atoms with Crippen LogP contribution in [0, 0.1) is 13.8 Å². The highest BCUT2D eigenvalue weighted by molar-refractivity contribution is 5.94. The molecule has 0 aliphatic carbocycles. The van der Waals surface area contributed by atoms with E-state index in [0.29, 0.717) is 18.7 Å². The summed E-state index contributed by atoms with van der Waals surface area (Å²) in [5, 5.41) is 9.46. The van der Waals surface area contributed by atoms with Crippen LogP contribution >= 0.6 is 0 Å². The molecule has 144 valence electrons. The molecule has 0 saturated heterocycles. The van der Waals surface area contributed by atoms with Gasteiger partial charge in [-0.05, 0) is 50.5 Å². The number of amides is 1. The highest BCUT2D eigenvalue weighted by Gasteiger charge is 2.04. The van der Waals surface area contributed by atoms with Gasteiger partial charge in [0, 0.05) is 32.2 Å². The van der Waals surface area contributed by atoms with E-state index in [1.807, 2.05) is 31.2 Å². The largest absolute Gasteiger partial charge is 0.356 e. The summed E-state index contributed by atoms with van der Waals surface area (Å²) in [6, 6.07) is 14.2. The molecule has 0 radical (unpaired) electrons. The summed E-state index contributed by atoms with van der Waals surface area (Å²) in [4.78, 5) is 16.1. The molecule has 0 bridgehead atoms. The Morgan fingerprint density at radius 3 is 2.19 bits per heavy atom. The van der Waals surface area contributed by atoms with Crippen molar-refractivity contribution in [3.8, 4) is 0 Å². The number of hydrogen-bond donors (Lipinski definition) is 3. The molecule has 0 aliphatic rings. The van der Waals surface area contributed by atoms with Gasteiger partial charge in [-0.25, -0.2) is 0 Å². The van der Waals surface area contributed by atoms with E-state index in [-0.39, 0.29) is 5.91 Å². The lowest BCUT2D eigenvalue weighted by Gasteiger charge is -2.13. The molecule has 0 heterocycles. The number of carbonyl (C=O) groups excluding carboxylic acids is 1. The average molecular weight is 367 g/mol. The van der Waals surface area contributed by atoms with Crippen molar-refractivity contribution in [2.24, 2.45) is 4.99 Å². The van der Waals surface area contributed by atoms with E-state index in [4.69, 9.17) is 0 Å². The molecule has 5 nitrogen and oxygen atoms in total. The summed E-state index contributed by atoms with van der Waals surface area (Å²) in [5.74, 6) is 0.730. The fourth-order valence-electron chi connectivity index (χ4n) is 2.98. The summed E-state index contributed by atoms with van der Waals surface area (Å²) >= 11 is 0. The normalized spacial score (nSPS) is 11.2. The van der Waals surface area contributed by atoms with Crippen molar-refractivity contribution >= 4 is 11.9 Å². The zero-order valence-corrected chi connectivity index (χ0v) is 16.7. The first-order valence-corrected chi connectivity index (χ1v) is 9.40. The van der Waals surface area contributed by atoms with Gasteiger partial charge < -0.3 is 16.0 Å². The zero-order valence-electron chi connectivity index (χ0n) is 16.7. The molecular formula is C22H30N4O. The Morgan fingerprint density at radius 1 is 0.926 bits per heavy atom. The number of benzene rings is 2. The summed E-state index contributed by atoms with van der Waals surface area (Å²) in [6.45, 7) is 8.27. The summed E-state index contributed by atoms with van der Waals surface area (Å²) in [5.41, 5.74) is 5.69. The Bertz CT molecular complexity index is 761. The van der Waals surface area contributed by atoms with Crippen molar-refractivity contribution < 1.29 is 4.79 Å². The van der Waals surface area contributed by atoms with Gasteiger partial charge in [-0.15, -0.1) is 0 Å². The average Bonchev–Trinajstić information content (AvgIpc) is 2.64. The van der Waals surface area contributed by atoms with Crippen LogP contribution < -0.4 is 16.0 Å². The van der Waals surface area contributed by atoms with E-state index in [1.165, 1.54) is 16.7 Å². The Hall–Kier alpha value is -2.82. The molecule has 27 heavy (non-hydrogen) atoms. The third-order valence-electron chi connectivity index (χ3n) is 4.22. The van der Waals surface area contributed by atoms with Crippen LogP contribution in [0.25, 0.3) is 0 Å². The first-order valence-electron chi connectivity index (χ1n) is 9.40. The maximum Gasteiger partial charge on any atom is 0.251 e. The van der Waals surface area contributed by atoms with Crippen molar-refractivity contribution in [2.75, 3.05) is 20.1 Å². The molecule has 0 fully saturated rings. The van der Waals surface area contributed by atoms with E-state index in [2.05, 4.69) is 53.0 Å². The van der Waals surface area contributed by atoms with Crippen molar-refractivity contribution in [1.82, 2.24) is 16.0 Å². The molecular weight excluding hydrogens is 336 g/mol. The Morgan fingerprint density at radius 2 is 1.59 bits per heavy atom. The number of aliphatic imine (C=N–C) groups is 1. The first-order chi connectivity index (χ1) is 13.0. The molecule has 0 saturated carbocycles. The lowest BCUT2D eigenvalue weighted by Crippen LogP contribution is -2.37. The second-order valence-electron chi connectivity index (χ2n) is 6.65. The highest BCUT2D eigenvalue weighted by Crippen LogP contribution is 2.09. The van der Waals surface area contributed by atoms with Gasteiger partial charge in [-0.3, -0.25) is 9.79 Å². The minimum atomic E-state index is -0.0409. The summed E-state index contributed by atoms with van der Waals surface area (Å²) in [6.07, 6.45) is 0.949. The first kappa shape index (κ1) is 20.5. The molecule has 0 unspecified atom stereocenters. The maximum atomic E-state index is 11.8. The van der Waals surface area contributed by atoms with Crippen LogP contribution in [0.4, 0.5) is 0 Å². The lowest BCUT2D eigenvalue weighted by atomic mass is 10.1. The van der Waals surface area contributed by atoms with Crippen molar-refractivity contribution in [3.05, 3.63) is 70.3 Å². The maximum absolute atomic E-state index is 11.8. The fourth-order valence-corrected chi connectivity index (χ4v) is 2.98. The van der Waals surface area contributed by atoms with Gasteiger partial charge in [-0.2, -0.15) is 0 Å². The second-order valence-corrected chi connectivity index (χ2v) is 6.65. The Labute approximate surface area is 162 Å². The van der Waals surface area contributed by atoms with Gasteiger partial charge in [0.1, 0.15) is 0 Å². The van der Waals surface area contributed by atoms with Gasteiger partial charge in [0.25, 0.3) is 5.91 Å². The molecule has 0 aliphatic heterocycles. The van der Waals surface area contributed by atoms with Crippen molar-refractivity contribution in [3.63, 3.8) is 0 Å². The number of hydrogen-bond acceptors (Lipinski definition) is 2. The van der Waals surface area contributed by atoms with Gasteiger partial charge >= 0.3 is 0 Å². The standard InChI is InChI=1S/C22H30N4O/c1-5-24-21(27)20-8-6-18(7-9-20)15-26-22(23-4)25-11-10-19-13-16(2)12-17(3)14-19/h6-9,12-14H,5,10-11,15H2,1-4H3,(H,24,27)(H2,23,25,26). The van der Waals surface area contributed by atoms with Crippen LogP contribution in [-0.2, 0) is 13.0 Å². The van der Waals surface area contributed by atoms with Gasteiger partial charge in [0.15, 0.2) is 5.96 Å². The number of aryl methyl sites for hydroxylation is 2. The molecule has 2 rings (SSSR count). The molecule has 0 spiro atoms. The van der Waals surface area contributed by atoms with Crippen LogP contribution in [0.2, 0.25) is 0 Å². The number of nitrogens with one attached hydrogen (secondary N) is 3. The summed E-state index contributed by atoms with van der Waals surface area (Å²) in [7, 11) is 1.77. The molecule has 0 aromatic heterocycles. The predicted octanol–water partition coefficient (Wildman–Crippen LogP) is 2.96. The minimum Gasteiger partial charge on any atom is -0.356 e. The van der Waals surface area contributed by atoms with E-state index < -0.39 is 0 Å². The second kappa shape index (κ2) is 10.4. The number of rotatable bonds is 7. The molecule has 3 N–H and O–H groups in total. The molecule has 5 heteroatoms. The third kappa shape index (κ3) is 6.77. The Balaban J connectivity index is 1.80. The quantitative estimate of drug-likeness (QED) is 0.521. The van der Waals surface area contributed by atoms with Crippen LogP contribution in [-0.4, -0.2) is 32.0 Å². The SMILES string of the molecule is CCNC(=O)c1ccc(CNC(=NC)NCCc2cc(C)cc(C)c2)cc1. The van der Waals surface area contributed by atoms with E-state index in [0.717, 1.165) is 24.5 Å². The van der Waals surface area contributed by atoms with Gasteiger partial charge in [-0.1, -0.05) is 41.5 Å². The van der Waals surface area contributed by atoms with Gasteiger partial charge in [0.05, 0.1) is 0 Å². The smallest absolute Gasteiger partial charge is 0.251 e. The number of nitrogens with zero attached hydrogens (tertiary/aromatic N) is 1. The van der Waals surface area contributed by atoms with Crippen LogP contribution in [0.15, 0.2) is 47.5 Å². The molecule has 0 atom stereocenters. The molecule has 2 aromatic carbocycles. The molecule has 1 amide bonds. The van der Waals surface area contributed by atoms with Crippen LogP contribution in [0.1, 0.15) is 39.5 Å². The molecule has 2 aromatic rings. The Kier molecular flexibility index (Phi) is 7.86. The third-order valence-corrected chi connectivity index (χ3v) is 4.22. The van der Waals surface area contributed by atoms with Crippen molar-refractivity contribution in [1.29, 1.82) is 0 Å². The van der Waals surface area contributed by atoms with Crippen LogP contribution in [0.3, 0.4) is 0 Å². The lowest BCUT2D eigenvalue weighted by molar-refractivity contribution is 0.0956. The van der Waals surface area contributed by atoms with E-state index >= 15 is 0 Å². The van der Waals surface area contributed by atoms with Crippen molar-refractivity contribution in [2.45, 2.75) is 33.7 Å². The highest BCUT2D eigenvalue weighted by atomic mass is 16.1.